The zero-order valence-corrected chi connectivity index (χ0v) is 22.8. The van der Waals surface area contributed by atoms with Crippen molar-refractivity contribution in [3.63, 3.8) is 0 Å². The molecule has 1 aliphatic heterocycles. The Hall–Kier alpha value is -3.65. The molecule has 3 heterocycles. The Morgan fingerprint density at radius 3 is 2.34 bits per heavy atom. The minimum absolute atomic E-state index is 0.0901. The summed E-state index contributed by atoms with van der Waals surface area (Å²) in [5.41, 5.74) is 0.380. The average molecular weight is 566 g/mol. The maximum absolute atomic E-state index is 13.5. The molecule has 3 aromatic rings. The number of aromatic nitrogens is 5. The standard InChI is InChI=1S/C23H28ClN7O6S/c1-13(20-25-10-16(24)11-26-20)14(2)38(34,35)29-22-28-27-21(15-8-9-30(12-15)23(32)33)31(22)19-17(36-3)6-5-7-18(19)37-4/h5-7,10-11,13-15H,8-9,12H2,1-4H3,(H,28,29)(H,32,33)/t13?,14?,15-/m0/s1. The van der Waals surface area contributed by atoms with E-state index in [0.29, 0.717) is 46.8 Å². The summed E-state index contributed by atoms with van der Waals surface area (Å²) in [6.45, 7) is 3.73. The van der Waals surface area contributed by atoms with Crippen molar-refractivity contribution in [2.45, 2.75) is 37.4 Å². The van der Waals surface area contributed by atoms with Crippen molar-refractivity contribution < 1.29 is 27.8 Å². The predicted molar refractivity (Wildman–Crippen MR) is 139 cm³/mol. The molecule has 2 N–H and O–H groups in total. The topological polar surface area (TPSA) is 162 Å². The minimum Gasteiger partial charge on any atom is -0.494 e. The summed E-state index contributed by atoms with van der Waals surface area (Å²) < 4.78 is 42.3. The van der Waals surface area contributed by atoms with Crippen LogP contribution in [0.4, 0.5) is 10.7 Å². The van der Waals surface area contributed by atoms with Gasteiger partial charge in [-0.25, -0.2) is 23.2 Å². The number of methoxy groups -OCH3 is 2. The molecule has 1 amide bonds. The van der Waals surface area contributed by atoms with Gasteiger partial charge in [-0.2, -0.15) is 0 Å². The van der Waals surface area contributed by atoms with E-state index in [4.69, 9.17) is 21.1 Å². The molecule has 2 aromatic heterocycles. The molecule has 3 atom stereocenters. The van der Waals surface area contributed by atoms with Gasteiger partial charge in [0.15, 0.2) is 0 Å². The zero-order chi connectivity index (χ0) is 27.6. The van der Waals surface area contributed by atoms with E-state index in [2.05, 4.69) is 24.9 Å². The summed E-state index contributed by atoms with van der Waals surface area (Å²) in [5, 5.41) is 17.3. The molecule has 38 heavy (non-hydrogen) atoms. The lowest BCUT2D eigenvalue weighted by molar-refractivity contribution is 0.155. The summed E-state index contributed by atoms with van der Waals surface area (Å²) in [6.07, 6.45) is 2.26. The number of anilines is 1. The largest absolute Gasteiger partial charge is 0.494 e. The molecule has 1 aliphatic rings. The van der Waals surface area contributed by atoms with E-state index in [1.54, 1.807) is 25.1 Å². The van der Waals surface area contributed by atoms with Crippen LogP contribution in [0.15, 0.2) is 30.6 Å². The summed E-state index contributed by atoms with van der Waals surface area (Å²) in [6, 6.07) is 5.12. The van der Waals surface area contributed by atoms with Crippen LogP contribution in [-0.2, 0) is 10.0 Å². The minimum atomic E-state index is -4.05. The number of nitrogens with one attached hydrogen (secondary N) is 1. The Labute approximate surface area is 224 Å². The molecule has 0 saturated carbocycles. The molecular formula is C23H28ClN7O6S. The predicted octanol–water partition coefficient (Wildman–Crippen LogP) is 3.13. The van der Waals surface area contributed by atoms with E-state index in [9.17, 15) is 18.3 Å². The lowest BCUT2D eigenvalue weighted by Gasteiger charge is -2.22. The Balaban J connectivity index is 1.77. The summed E-state index contributed by atoms with van der Waals surface area (Å²) in [5.74, 6) is 0.444. The fourth-order valence-electron chi connectivity index (χ4n) is 4.30. The molecular weight excluding hydrogens is 538 g/mol. The van der Waals surface area contributed by atoms with Crippen molar-refractivity contribution in [1.29, 1.82) is 0 Å². The Morgan fingerprint density at radius 1 is 1.16 bits per heavy atom. The molecule has 0 aliphatic carbocycles. The monoisotopic (exact) mass is 565 g/mol. The summed E-state index contributed by atoms with van der Waals surface area (Å²) in [7, 11) is -1.10. The van der Waals surface area contributed by atoms with E-state index < -0.39 is 27.3 Å². The van der Waals surface area contributed by atoms with E-state index in [1.807, 2.05) is 0 Å². The van der Waals surface area contributed by atoms with Crippen molar-refractivity contribution in [3.05, 3.63) is 47.3 Å². The second kappa shape index (κ2) is 11.0. The number of hydrogen-bond donors (Lipinski definition) is 2. The maximum atomic E-state index is 13.5. The van der Waals surface area contributed by atoms with Gasteiger partial charge in [-0.05, 0) is 25.5 Å². The van der Waals surface area contributed by atoms with Gasteiger partial charge in [-0.1, -0.05) is 24.6 Å². The SMILES string of the molecule is COc1cccc(OC)c1-n1c(NS(=O)(=O)C(C)C(C)c2ncc(Cl)cn2)nnc1[C@H]1CCN(C(=O)O)C1. The first kappa shape index (κ1) is 27.4. The van der Waals surface area contributed by atoms with Crippen LogP contribution in [0.3, 0.4) is 0 Å². The van der Waals surface area contributed by atoms with Crippen LogP contribution in [0.5, 0.6) is 11.5 Å². The fourth-order valence-corrected chi connectivity index (χ4v) is 5.63. The fraction of sp³-hybridized carbons (Fsp3) is 0.435. The van der Waals surface area contributed by atoms with Crippen molar-refractivity contribution in [2.24, 2.45) is 0 Å². The number of para-hydroxylation sites is 1. The normalized spacial score (nSPS) is 17.2. The Kier molecular flexibility index (Phi) is 7.92. The van der Waals surface area contributed by atoms with Crippen LogP contribution in [0.1, 0.15) is 43.8 Å². The molecule has 2 unspecified atom stereocenters. The number of sulfonamides is 1. The molecule has 0 radical (unpaired) electrons. The number of ether oxygens (including phenoxy) is 2. The van der Waals surface area contributed by atoms with Gasteiger partial charge in [0.2, 0.25) is 16.0 Å². The Morgan fingerprint density at radius 2 is 1.79 bits per heavy atom. The summed E-state index contributed by atoms with van der Waals surface area (Å²) >= 11 is 5.87. The van der Waals surface area contributed by atoms with Gasteiger partial charge < -0.3 is 19.5 Å². The molecule has 204 valence electrons. The lowest BCUT2D eigenvalue weighted by atomic mass is 10.1. The molecule has 13 nitrogen and oxygen atoms in total. The van der Waals surface area contributed by atoms with Gasteiger partial charge in [0.1, 0.15) is 28.8 Å². The number of carboxylic acid groups (broad SMARTS) is 1. The third-order valence-corrected chi connectivity index (χ3v) is 8.66. The van der Waals surface area contributed by atoms with Crippen molar-refractivity contribution in [3.8, 4) is 17.2 Å². The molecule has 1 saturated heterocycles. The highest BCUT2D eigenvalue weighted by molar-refractivity contribution is 7.93. The third-order valence-electron chi connectivity index (χ3n) is 6.61. The molecule has 1 fully saturated rings. The van der Waals surface area contributed by atoms with E-state index in [-0.39, 0.29) is 18.4 Å². The number of carbonyl (C=O) groups is 1. The number of hydrogen-bond acceptors (Lipinski definition) is 9. The van der Waals surface area contributed by atoms with Crippen molar-refractivity contribution in [2.75, 3.05) is 32.0 Å². The van der Waals surface area contributed by atoms with Crippen LogP contribution in [-0.4, -0.2) is 81.8 Å². The van der Waals surface area contributed by atoms with Gasteiger partial charge in [0.05, 0.1) is 24.5 Å². The van der Waals surface area contributed by atoms with Crippen LogP contribution in [0.2, 0.25) is 5.02 Å². The molecule has 1 aromatic carbocycles. The summed E-state index contributed by atoms with van der Waals surface area (Å²) in [4.78, 5) is 21.1. The van der Waals surface area contributed by atoms with Crippen LogP contribution < -0.4 is 14.2 Å². The average Bonchev–Trinajstić information content (AvgIpc) is 3.55. The zero-order valence-electron chi connectivity index (χ0n) is 21.2. The van der Waals surface area contributed by atoms with Gasteiger partial charge in [-0.15, -0.1) is 10.2 Å². The highest BCUT2D eigenvalue weighted by Crippen LogP contribution is 2.39. The molecule has 0 spiro atoms. The van der Waals surface area contributed by atoms with Crippen molar-refractivity contribution in [1.82, 2.24) is 29.6 Å². The number of nitrogens with zero attached hydrogens (tertiary/aromatic N) is 6. The molecule has 0 bridgehead atoms. The first-order chi connectivity index (χ1) is 18.1. The highest BCUT2D eigenvalue weighted by Gasteiger charge is 2.36. The van der Waals surface area contributed by atoms with Crippen molar-refractivity contribution >= 4 is 33.7 Å². The van der Waals surface area contributed by atoms with Crippen LogP contribution in [0.25, 0.3) is 5.69 Å². The quantitative estimate of drug-likeness (QED) is 0.394. The molecule has 15 heteroatoms. The van der Waals surface area contributed by atoms with Gasteiger partial charge in [0.25, 0.3) is 0 Å². The second-order valence-corrected chi connectivity index (χ2v) is 11.3. The third kappa shape index (κ3) is 5.31. The number of halogens is 1. The molecule has 4 rings (SSSR count). The maximum Gasteiger partial charge on any atom is 0.407 e. The van der Waals surface area contributed by atoms with E-state index in [0.717, 1.165) is 0 Å². The number of rotatable bonds is 9. The Bertz CT molecular complexity index is 1390. The first-order valence-corrected chi connectivity index (χ1v) is 13.6. The van der Waals surface area contributed by atoms with Gasteiger partial charge >= 0.3 is 6.09 Å². The van der Waals surface area contributed by atoms with Crippen LogP contribution >= 0.6 is 11.6 Å². The number of amides is 1. The van der Waals surface area contributed by atoms with Gasteiger partial charge in [-0.3, -0.25) is 9.29 Å². The highest BCUT2D eigenvalue weighted by atomic mass is 35.5. The van der Waals surface area contributed by atoms with E-state index in [1.165, 1.54) is 43.0 Å². The number of benzene rings is 1. The number of likely N-dealkylation sites (tertiary alicyclic amines) is 1. The smallest absolute Gasteiger partial charge is 0.407 e. The second-order valence-electron chi connectivity index (χ2n) is 8.84. The lowest BCUT2D eigenvalue weighted by Crippen LogP contribution is -2.31. The van der Waals surface area contributed by atoms with E-state index >= 15 is 0 Å². The van der Waals surface area contributed by atoms with Gasteiger partial charge in [0, 0.05) is 37.3 Å². The first-order valence-electron chi connectivity index (χ1n) is 11.7. The van der Waals surface area contributed by atoms with Crippen LogP contribution in [0, 0.1) is 0 Å².